The van der Waals surface area contributed by atoms with E-state index in [9.17, 15) is 9.18 Å². The largest absolute Gasteiger partial charge is 0.353 e. The number of amides is 1. The number of nitrogens with one attached hydrogen (secondary N) is 1. The summed E-state index contributed by atoms with van der Waals surface area (Å²) in [7, 11) is 2.09. The van der Waals surface area contributed by atoms with E-state index in [4.69, 9.17) is 0 Å². The maximum Gasteiger partial charge on any atom is 0.277 e. The summed E-state index contributed by atoms with van der Waals surface area (Å²) in [5, 5.41) is 7.21. The molecule has 1 aliphatic rings. The molecule has 0 spiro atoms. The molecule has 4 heterocycles. The highest BCUT2D eigenvalue weighted by Gasteiger charge is 2.18. The molecule has 1 N–H and O–H groups in total. The highest BCUT2D eigenvalue weighted by atomic mass is 19.1. The Kier molecular flexibility index (Phi) is 4.21. The topological polar surface area (TPSA) is 78.7 Å². The third kappa shape index (κ3) is 3.21. The van der Waals surface area contributed by atoms with Gasteiger partial charge in [0.25, 0.3) is 5.91 Å². The number of hydrogen-bond donors (Lipinski definition) is 1. The number of aromatic nitrogens is 4. The number of carbonyl (C=O) groups excluding carboxylic acids is 1. The van der Waals surface area contributed by atoms with E-state index < -0.39 is 11.7 Å². The molecule has 0 atom stereocenters. The number of nitrogens with zero attached hydrogens (tertiary/aromatic N) is 6. The van der Waals surface area contributed by atoms with Gasteiger partial charge in [-0.25, -0.2) is 18.9 Å². The molecule has 3 aromatic heterocycles. The second kappa shape index (κ2) is 6.68. The molecule has 0 aliphatic carbocycles. The molecule has 26 heavy (non-hydrogen) atoms. The Hall–Kier alpha value is -3.07. The monoisotopic (exact) mass is 355 g/mol. The van der Waals surface area contributed by atoms with Gasteiger partial charge < -0.3 is 15.1 Å². The normalized spacial score (nSPS) is 15.4. The van der Waals surface area contributed by atoms with Crippen molar-refractivity contribution in [2.75, 3.05) is 43.4 Å². The second-order valence-electron chi connectivity index (χ2n) is 6.21. The van der Waals surface area contributed by atoms with E-state index in [0.29, 0.717) is 11.3 Å². The quantitative estimate of drug-likeness (QED) is 0.762. The SMILES string of the molecule is CN1CCN(c2ccc3ncc(C(=O)Nc4ccc(F)cn4)n3n2)CC1. The molecule has 9 heteroatoms. The first-order chi connectivity index (χ1) is 12.6. The van der Waals surface area contributed by atoms with Crippen molar-refractivity contribution in [3.63, 3.8) is 0 Å². The van der Waals surface area contributed by atoms with Crippen LogP contribution in [0.25, 0.3) is 5.65 Å². The van der Waals surface area contributed by atoms with Crippen LogP contribution in [0.1, 0.15) is 10.5 Å². The fourth-order valence-corrected chi connectivity index (χ4v) is 2.85. The maximum atomic E-state index is 12.9. The van der Waals surface area contributed by atoms with Crippen molar-refractivity contribution < 1.29 is 9.18 Å². The van der Waals surface area contributed by atoms with Gasteiger partial charge in [0.05, 0.1) is 12.4 Å². The minimum Gasteiger partial charge on any atom is -0.353 e. The smallest absolute Gasteiger partial charge is 0.277 e. The summed E-state index contributed by atoms with van der Waals surface area (Å²) in [5.74, 6) is 0.204. The van der Waals surface area contributed by atoms with Crippen LogP contribution in [0.4, 0.5) is 16.0 Å². The Balaban J connectivity index is 1.59. The first-order valence-electron chi connectivity index (χ1n) is 8.31. The van der Waals surface area contributed by atoms with Crippen LogP contribution in [0.15, 0.2) is 36.7 Å². The molecule has 0 aromatic carbocycles. The maximum absolute atomic E-state index is 12.9. The second-order valence-corrected chi connectivity index (χ2v) is 6.21. The molecule has 0 unspecified atom stereocenters. The molecule has 134 valence electrons. The van der Waals surface area contributed by atoms with Crippen molar-refractivity contribution in [3.05, 3.63) is 48.2 Å². The molecule has 8 nitrogen and oxygen atoms in total. The summed E-state index contributed by atoms with van der Waals surface area (Å²) < 4.78 is 14.5. The van der Waals surface area contributed by atoms with Crippen molar-refractivity contribution in [1.29, 1.82) is 0 Å². The van der Waals surface area contributed by atoms with E-state index in [0.717, 1.165) is 38.2 Å². The lowest BCUT2D eigenvalue weighted by molar-refractivity contribution is 0.102. The molecule has 0 radical (unpaired) electrons. The van der Waals surface area contributed by atoms with Gasteiger partial charge in [0, 0.05) is 26.2 Å². The Morgan fingerprint density at radius 2 is 1.88 bits per heavy atom. The van der Waals surface area contributed by atoms with Crippen molar-refractivity contribution in [2.45, 2.75) is 0 Å². The molecule has 3 aromatic rings. The highest BCUT2D eigenvalue weighted by molar-refractivity contribution is 6.02. The number of likely N-dealkylation sites (N-methyl/N-ethyl adjacent to an activating group) is 1. The molecule has 1 aliphatic heterocycles. The number of rotatable bonds is 3. The molecule has 0 saturated carbocycles. The third-order valence-electron chi connectivity index (χ3n) is 4.38. The minimum atomic E-state index is -0.462. The van der Waals surface area contributed by atoms with Gasteiger partial charge in [-0.3, -0.25) is 4.79 Å². The van der Waals surface area contributed by atoms with Gasteiger partial charge in [-0.15, -0.1) is 5.10 Å². The molecule has 0 bridgehead atoms. The average molecular weight is 355 g/mol. The zero-order chi connectivity index (χ0) is 18.1. The van der Waals surface area contributed by atoms with Crippen LogP contribution in [0.5, 0.6) is 0 Å². The molecule has 4 rings (SSSR count). The van der Waals surface area contributed by atoms with Crippen molar-refractivity contribution in [1.82, 2.24) is 24.5 Å². The summed E-state index contributed by atoms with van der Waals surface area (Å²) in [5.41, 5.74) is 0.877. The summed E-state index contributed by atoms with van der Waals surface area (Å²) in [6, 6.07) is 6.39. The van der Waals surface area contributed by atoms with Gasteiger partial charge in [0.2, 0.25) is 0 Å². The summed E-state index contributed by atoms with van der Waals surface area (Å²) in [6.45, 7) is 3.69. The van der Waals surface area contributed by atoms with E-state index in [2.05, 4.69) is 37.2 Å². The minimum absolute atomic E-state index is 0.265. The van der Waals surface area contributed by atoms with Gasteiger partial charge in [-0.05, 0) is 31.3 Å². The Labute approximate surface area is 149 Å². The molecular weight excluding hydrogens is 337 g/mol. The Morgan fingerprint density at radius 1 is 1.08 bits per heavy atom. The van der Waals surface area contributed by atoms with Crippen LogP contribution >= 0.6 is 0 Å². The van der Waals surface area contributed by atoms with Crippen molar-refractivity contribution in [3.8, 4) is 0 Å². The number of fused-ring (bicyclic) bond motifs is 1. The van der Waals surface area contributed by atoms with Gasteiger partial charge in [-0.1, -0.05) is 0 Å². The molecule has 1 fully saturated rings. The zero-order valence-corrected chi connectivity index (χ0v) is 14.3. The van der Waals surface area contributed by atoms with Crippen molar-refractivity contribution in [2.24, 2.45) is 0 Å². The Morgan fingerprint density at radius 3 is 2.62 bits per heavy atom. The number of piperazine rings is 1. The fraction of sp³-hybridized carbons (Fsp3) is 0.294. The van der Waals surface area contributed by atoms with Gasteiger partial charge in [0.15, 0.2) is 11.3 Å². The number of imidazole rings is 1. The van der Waals surface area contributed by atoms with Crippen LogP contribution < -0.4 is 10.2 Å². The lowest BCUT2D eigenvalue weighted by atomic mass is 10.3. The lowest BCUT2D eigenvalue weighted by Gasteiger charge is -2.33. The summed E-state index contributed by atoms with van der Waals surface area (Å²) in [6.07, 6.45) is 2.52. The van der Waals surface area contributed by atoms with Gasteiger partial charge in [-0.2, -0.15) is 0 Å². The highest BCUT2D eigenvalue weighted by Crippen LogP contribution is 2.16. The van der Waals surface area contributed by atoms with Crippen LogP contribution in [0.3, 0.4) is 0 Å². The van der Waals surface area contributed by atoms with E-state index in [1.807, 2.05) is 12.1 Å². The summed E-state index contributed by atoms with van der Waals surface area (Å²) in [4.78, 5) is 25.0. The number of anilines is 2. The van der Waals surface area contributed by atoms with E-state index in [1.165, 1.54) is 22.8 Å². The Bertz CT molecular complexity index is 932. The first kappa shape index (κ1) is 16.4. The van der Waals surface area contributed by atoms with E-state index in [1.54, 1.807) is 0 Å². The fourth-order valence-electron chi connectivity index (χ4n) is 2.85. The van der Waals surface area contributed by atoms with E-state index in [-0.39, 0.29) is 5.82 Å². The predicted molar refractivity (Wildman–Crippen MR) is 94.8 cm³/mol. The number of hydrogen-bond acceptors (Lipinski definition) is 6. The van der Waals surface area contributed by atoms with Crippen LogP contribution in [-0.2, 0) is 0 Å². The van der Waals surface area contributed by atoms with Gasteiger partial charge in [0.1, 0.15) is 17.5 Å². The molecule has 1 amide bonds. The lowest BCUT2D eigenvalue weighted by Crippen LogP contribution is -2.45. The number of pyridine rings is 1. The molecular formula is C17H18FN7O. The van der Waals surface area contributed by atoms with Crippen LogP contribution in [-0.4, -0.2) is 63.6 Å². The average Bonchev–Trinajstić information content (AvgIpc) is 3.07. The first-order valence-corrected chi connectivity index (χ1v) is 8.31. The van der Waals surface area contributed by atoms with Crippen LogP contribution in [0, 0.1) is 5.82 Å². The van der Waals surface area contributed by atoms with Crippen LogP contribution in [0.2, 0.25) is 0 Å². The van der Waals surface area contributed by atoms with Gasteiger partial charge >= 0.3 is 0 Å². The molecule has 1 saturated heterocycles. The van der Waals surface area contributed by atoms with Crippen molar-refractivity contribution >= 4 is 23.2 Å². The number of halogens is 1. The third-order valence-corrected chi connectivity index (χ3v) is 4.38. The zero-order valence-electron chi connectivity index (χ0n) is 14.3. The number of carbonyl (C=O) groups is 1. The summed E-state index contributed by atoms with van der Waals surface area (Å²) >= 11 is 0. The predicted octanol–water partition coefficient (Wildman–Crippen LogP) is 1.27. The van der Waals surface area contributed by atoms with E-state index >= 15 is 0 Å². The standard InChI is InChI=1S/C17H18FN7O/c1-23-6-8-24(9-7-23)16-5-4-15-20-11-13(25(15)22-16)17(26)21-14-3-2-12(18)10-19-14/h2-5,10-11H,6-9H2,1H3,(H,19,21,26).